The van der Waals surface area contributed by atoms with Crippen molar-refractivity contribution in [2.75, 3.05) is 33.4 Å². The lowest BCUT2D eigenvalue weighted by molar-refractivity contribution is 0.132. The van der Waals surface area contributed by atoms with E-state index >= 15 is 0 Å². The fraction of sp³-hybridized carbons (Fsp3) is 0.909. The molecule has 13 heavy (non-hydrogen) atoms. The van der Waals surface area contributed by atoms with E-state index in [-0.39, 0.29) is 0 Å². The average Bonchev–Trinajstić information content (AvgIpc) is 2.13. The number of likely N-dealkylation sites (N-methyl/N-ethyl adjacent to an activating group) is 1. The highest BCUT2D eigenvalue weighted by molar-refractivity contribution is 4.51. The van der Waals surface area contributed by atoms with Gasteiger partial charge in [0.05, 0.1) is 6.61 Å². The molecule has 2 heteroatoms. The van der Waals surface area contributed by atoms with Crippen LogP contribution in [-0.2, 0) is 4.74 Å². The summed E-state index contributed by atoms with van der Waals surface area (Å²) in [5.74, 6) is 0. The van der Waals surface area contributed by atoms with Crippen molar-refractivity contribution in [2.24, 2.45) is 0 Å². The Bertz CT molecular complexity index is 96.1. The minimum atomic E-state index is 0.587. The smallest absolute Gasteiger partial charge is 0.0593 e. The van der Waals surface area contributed by atoms with Crippen LogP contribution in [0.2, 0.25) is 0 Å². The molecule has 0 aliphatic carbocycles. The average molecular weight is 186 g/mol. The maximum atomic E-state index is 5.18. The van der Waals surface area contributed by atoms with E-state index < -0.39 is 0 Å². The summed E-state index contributed by atoms with van der Waals surface area (Å²) in [6, 6.07) is 0. The summed E-state index contributed by atoms with van der Waals surface area (Å²) in [7, 11) is 2.15. The molecule has 0 aromatic carbocycles. The van der Waals surface area contributed by atoms with E-state index in [1.54, 1.807) is 0 Å². The van der Waals surface area contributed by atoms with Gasteiger partial charge in [0, 0.05) is 13.2 Å². The van der Waals surface area contributed by atoms with Gasteiger partial charge in [0.15, 0.2) is 0 Å². The van der Waals surface area contributed by atoms with Gasteiger partial charge in [-0.2, -0.15) is 0 Å². The zero-order chi connectivity index (χ0) is 9.94. The van der Waals surface area contributed by atoms with E-state index in [0.29, 0.717) is 6.61 Å². The first-order chi connectivity index (χ1) is 6.31. The number of rotatable bonds is 9. The van der Waals surface area contributed by atoms with Crippen LogP contribution in [0.15, 0.2) is 0 Å². The molecule has 79 valence electrons. The zero-order valence-electron chi connectivity index (χ0n) is 9.22. The molecular formula is C11H24NO. The normalized spacial score (nSPS) is 11.1. The highest BCUT2D eigenvalue weighted by Gasteiger charge is 1.96. The van der Waals surface area contributed by atoms with Crippen LogP contribution in [0, 0.1) is 6.92 Å². The van der Waals surface area contributed by atoms with Gasteiger partial charge >= 0.3 is 0 Å². The molecule has 0 saturated carbocycles. The Balaban J connectivity index is 3.05. The van der Waals surface area contributed by atoms with Crippen molar-refractivity contribution in [1.82, 2.24) is 4.90 Å². The number of unbranched alkanes of at least 4 members (excludes halogenated alkanes) is 3. The summed E-state index contributed by atoms with van der Waals surface area (Å²) in [6.07, 6.45) is 5.35. The number of hydrogen-bond acceptors (Lipinski definition) is 2. The second-order valence-electron chi connectivity index (χ2n) is 3.48. The Morgan fingerprint density at radius 1 is 1.15 bits per heavy atom. The lowest BCUT2D eigenvalue weighted by Gasteiger charge is -2.15. The van der Waals surface area contributed by atoms with E-state index in [9.17, 15) is 0 Å². The Morgan fingerprint density at radius 3 is 2.54 bits per heavy atom. The molecule has 2 nitrogen and oxygen atoms in total. The van der Waals surface area contributed by atoms with E-state index in [4.69, 9.17) is 4.74 Å². The Morgan fingerprint density at radius 2 is 1.92 bits per heavy atom. The summed E-state index contributed by atoms with van der Waals surface area (Å²) in [4.78, 5) is 2.32. The van der Waals surface area contributed by atoms with Gasteiger partial charge in [-0.25, -0.2) is 0 Å². The largest absolute Gasteiger partial charge is 0.380 e. The SMILES string of the molecule is [CH2]COCCN(C)CCCCCC. The number of ether oxygens (including phenoxy) is 1. The third-order valence-electron chi connectivity index (χ3n) is 2.16. The van der Waals surface area contributed by atoms with Crippen molar-refractivity contribution in [3.05, 3.63) is 6.92 Å². The van der Waals surface area contributed by atoms with Crippen LogP contribution in [-0.4, -0.2) is 38.3 Å². The molecule has 0 saturated heterocycles. The molecule has 0 rings (SSSR count). The standard InChI is InChI=1S/C11H24NO/c1-4-6-7-8-9-12(3)10-11-13-5-2/h2,4-11H2,1,3H3. The van der Waals surface area contributed by atoms with E-state index in [0.717, 1.165) is 13.2 Å². The molecule has 0 atom stereocenters. The first kappa shape index (κ1) is 12.9. The molecule has 0 aromatic heterocycles. The summed E-state index contributed by atoms with van der Waals surface area (Å²) in [5.41, 5.74) is 0. The third-order valence-corrected chi connectivity index (χ3v) is 2.16. The number of nitrogens with zero attached hydrogens (tertiary/aromatic N) is 1. The van der Waals surface area contributed by atoms with Gasteiger partial charge in [-0.05, 0) is 26.9 Å². The summed E-state index contributed by atoms with van der Waals surface area (Å²) in [6.45, 7) is 9.49. The molecule has 1 radical (unpaired) electrons. The summed E-state index contributed by atoms with van der Waals surface area (Å²) < 4.78 is 5.18. The first-order valence-corrected chi connectivity index (χ1v) is 5.36. The van der Waals surface area contributed by atoms with Gasteiger partial charge in [-0.1, -0.05) is 26.2 Å². The van der Waals surface area contributed by atoms with E-state index in [1.807, 2.05) is 0 Å². The molecule has 0 unspecified atom stereocenters. The topological polar surface area (TPSA) is 12.5 Å². The molecule has 0 aliphatic heterocycles. The second kappa shape index (κ2) is 10.0. The van der Waals surface area contributed by atoms with Crippen LogP contribution in [0.4, 0.5) is 0 Å². The molecular weight excluding hydrogens is 162 g/mol. The molecule has 0 aliphatic rings. The minimum absolute atomic E-state index is 0.587. The molecule has 0 bridgehead atoms. The van der Waals surface area contributed by atoms with Crippen molar-refractivity contribution in [3.63, 3.8) is 0 Å². The van der Waals surface area contributed by atoms with Gasteiger partial charge < -0.3 is 9.64 Å². The summed E-state index contributed by atoms with van der Waals surface area (Å²) >= 11 is 0. The Kier molecular flexibility index (Phi) is 9.94. The third kappa shape index (κ3) is 9.84. The van der Waals surface area contributed by atoms with Gasteiger partial charge in [-0.3, -0.25) is 0 Å². The molecule has 0 N–H and O–H groups in total. The van der Waals surface area contributed by atoms with Crippen LogP contribution in [0.3, 0.4) is 0 Å². The van der Waals surface area contributed by atoms with Crippen molar-refractivity contribution < 1.29 is 4.74 Å². The quantitative estimate of drug-likeness (QED) is 0.512. The van der Waals surface area contributed by atoms with Crippen LogP contribution in [0.5, 0.6) is 0 Å². The molecule has 0 spiro atoms. The molecule has 0 heterocycles. The molecule has 0 aromatic rings. The monoisotopic (exact) mass is 186 g/mol. The van der Waals surface area contributed by atoms with Gasteiger partial charge in [-0.15, -0.1) is 0 Å². The van der Waals surface area contributed by atoms with E-state index in [1.165, 1.54) is 32.2 Å². The van der Waals surface area contributed by atoms with Crippen molar-refractivity contribution in [1.29, 1.82) is 0 Å². The minimum Gasteiger partial charge on any atom is -0.380 e. The second-order valence-corrected chi connectivity index (χ2v) is 3.48. The molecule has 0 fully saturated rings. The predicted molar refractivity (Wildman–Crippen MR) is 57.8 cm³/mol. The van der Waals surface area contributed by atoms with Crippen molar-refractivity contribution >= 4 is 0 Å². The van der Waals surface area contributed by atoms with Gasteiger partial charge in [0.2, 0.25) is 0 Å². The summed E-state index contributed by atoms with van der Waals surface area (Å²) in [5, 5.41) is 0. The van der Waals surface area contributed by atoms with Crippen molar-refractivity contribution in [3.8, 4) is 0 Å². The van der Waals surface area contributed by atoms with Crippen LogP contribution >= 0.6 is 0 Å². The lowest BCUT2D eigenvalue weighted by Crippen LogP contribution is -2.24. The first-order valence-electron chi connectivity index (χ1n) is 5.36. The van der Waals surface area contributed by atoms with Crippen LogP contribution < -0.4 is 0 Å². The lowest BCUT2D eigenvalue weighted by atomic mass is 10.2. The zero-order valence-corrected chi connectivity index (χ0v) is 9.22. The maximum Gasteiger partial charge on any atom is 0.0593 e. The molecule has 0 amide bonds. The van der Waals surface area contributed by atoms with Crippen LogP contribution in [0.25, 0.3) is 0 Å². The fourth-order valence-electron chi connectivity index (χ4n) is 1.24. The van der Waals surface area contributed by atoms with Gasteiger partial charge in [0.1, 0.15) is 0 Å². The van der Waals surface area contributed by atoms with E-state index in [2.05, 4.69) is 25.8 Å². The highest BCUT2D eigenvalue weighted by Crippen LogP contribution is 1.99. The fourth-order valence-corrected chi connectivity index (χ4v) is 1.24. The Hall–Kier alpha value is -0.0800. The number of hydrogen-bond donors (Lipinski definition) is 0. The van der Waals surface area contributed by atoms with Gasteiger partial charge in [0.25, 0.3) is 0 Å². The van der Waals surface area contributed by atoms with Crippen LogP contribution in [0.1, 0.15) is 32.6 Å². The predicted octanol–water partition coefficient (Wildman–Crippen LogP) is 2.35. The maximum absolute atomic E-state index is 5.18. The highest BCUT2D eigenvalue weighted by atomic mass is 16.5. The van der Waals surface area contributed by atoms with Crippen molar-refractivity contribution in [2.45, 2.75) is 32.6 Å². The Labute approximate surface area is 83.3 Å².